The molecule has 0 aliphatic carbocycles. The average molecular weight is 374 g/mol. The highest BCUT2D eigenvalue weighted by Crippen LogP contribution is 2.38. The van der Waals surface area contributed by atoms with Gasteiger partial charge >= 0.3 is 0 Å². The van der Waals surface area contributed by atoms with E-state index in [1.54, 1.807) is 7.11 Å². The lowest BCUT2D eigenvalue weighted by molar-refractivity contribution is 0.0232. The summed E-state index contributed by atoms with van der Waals surface area (Å²) >= 11 is 0. The van der Waals surface area contributed by atoms with Crippen molar-refractivity contribution in [2.45, 2.75) is 45.3 Å². The van der Waals surface area contributed by atoms with Gasteiger partial charge in [-0.05, 0) is 30.5 Å². The first-order chi connectivity index (χ1) is 12.9. The van der Waals surface area contributed by atoms with E-state index >= 15 is 0 Å². The van der Waals surface area contributed by atoms with Crippen LogP contribution in [-0.2, 0) is 0 Å². The van der Waals surface area contributed by atoms with Crippen molar-refractivity contribution in [1.82, 2.24) is 14.7 Å². The zero-order valence-corrected chi connectivity index (χ0v) is 16.5. The summed E-state index contributed by atoms with van der Waals surface area (Å²) in [5.74, 6) is 2.08. The third-order valence-corrected chi connectivity index (χ3v) is 5.26. The van der Waals surface area contributed by atoms with E-state index in [4.69, 9.17) is 21.9 Å². The quantitative estimate of drug-likeness (QED) is 0.704. The van der Waals surface area contributed by atoms with Crippen LogP contribution in [0.4, 0.5) is 5.82 Å². The normalized spacial score (nSPS) is 21.4. The molecule has 2 aromatic rings. The highest BCUT2D eigenvalue weighted by atomic mass is 16.5. The number of methoxy groups -OCH3 is 1. The maximum absolute atomic E-state index is 6.70. The molecule has 0 saturated heterocycles. The molecular weight excluding hydrogens is 342 g/mol. The third kappa shape index (κ3) is 3.41. The van der Waals surface area contributed by atoms with E-state index in [1.807, 2.05) is 29.1 Å². The van der Waals surface area contributed by atoms with Crippen LogP contribution in [0.25, 0.3) is 0 Å². The summed E-state index contributed by atoms with van der Waals surface area (Å²) in [6.45, 7) is 7.49. The lowest BCUT2D eigenvalue weighted by Gasteiger charge is -2.49. The van der Waals surface area contributed by atoms with Crippen LogP contribution in [0.5, 0.6) is 5.75 Å². The minimum Gasteiger partial charge on any atom is -0.497 e. The standard InChI is InChI=1S/C19H31N7O/c1-12(2)16-11-23-26-17(16)24(9-8-20)18(21)25(19(26)22)13(3)14-6-5-7-15(10-14)27-4/h5-7,10-13,18-19H,8-9,20-22H2,1-4H3. The number of nitrogens with zero attached hydrogens (tertiary/aromatic N) is 4. The molecule has 1 aliphatic heterocycles. The maximum Gasteiger partial charge on any atom is 0.160 e. The summed E-state index contributed by atoms with van der Waals surface area (Å²) in [5.41, 5.74) is 21.4. The van der Waals surface area contributed by atoms with Crippen LogP contribution >= 0.6 is 0 Å². The van der Waals surface area contributed by atoms with E-state index in [0.717, 1.165) is 22.7 Å². The number of nitrogens with two attached hydrogens (primary N) is 3. The van der Waals surface area contributed by atoms with Gasteiger partial charge in [0.2, 0.25) is 0 Å². The number of anilines is 1. The Labute approximate surface area is 160 Å². The summed E-state index contributed by atoms with van der Waals surface area (Å²) in [7, 11) is 1.66. The number of ether oxygens (including phenoxy) is 1. The second-order valence-electron chi connectivity index (χ2n) is 7.23. The lowest BCUT2D eigenvalue weighted by atomic mass is 10.0. The van der Waals surface area contributed by atoms with Crippen molar-refractivity contribution in [3.05, 3.63) is 41.6 Å². The zero-order valence-electron chi connectivity index (χ0n) is 16.5. The van der Waals surface area contributed by atoms with Gasteiger partial charge in [0.25, 0.3) is 0 Å². The molecule has 3 atom stereocenters. The summed E-state index contributed by atoms with van der Waals surface area (Å²) < 4.78 is 7.22. The number of rotatable bonds is 6. The SMILES string of the molecule is COc1cccc(C(C)N2C(N)N(CCN)c3c(C(C)C)cnn3C2N)c1. The molecule has 2 heterocycles. The van der Waals surface area contributed by atoms with Gasteiger partial charge in [-0.3, -0.25) is 11.5 Å². The van der Waals surface area contributed by atoms with Crippen molar-refractivity contribution in [2.24, 2.45) is 17.2 Å². The van der Waals surface area contributed by atoms with Crippen LogP contribution in [0, 0.1) is 0 Å². The predicted molar refractivity (Wildman–Crippen MR) is 107 cm³/mol. The average Bonchev–Trinajstić information content (AvgIpc) is 3.10. The number of fused-ring (bicyclic) bond motifs is 1. The fraction of sp³-hybridized carbons (Fsp3) is 0.526. The number of aromatic nitrogens is 2. The van der Waals surface area contributed by atoms with Crippen molar-refractivity contribution in [1.29, 1.82) is 0 Å². The lowest BCUT2D eigenvalue weighted by Crippen LogP contribution is -2.64. The molecule has 8 heteroatoms. The molecule has 0 amide bonds. The van der Waals surface area contributed by atoms with Crippen molar-refractivity contribution in [2.75, 3.05) is 25.1 Å². The second kappa shape index (κ2) is 7.85. The van der Waals surface area contributed by atoms with Crippen LogP contribution in [0.3, 0.4) is 0 Å². The Hall–Kier alpha value is -2.13. The molecule has 0 fully saturated rings. The highest BCUT2D eigenvalue weighted by molar-refractivity contribution is 5.51. The molecule has 1 aliphatic rings. The van der Waals surface area contributed by atoms with Crippen LogP contribution in [0.15, 0.2) is 30.5 Å². The first-order valence-electron chi connectivity index (χ1n) is 9.37. The Morgan fingerprint density at radius 2 is 1.93 bits per heavy atom. The fourth-order valence-electron chi connectivity index (χ4n) is 3.75. The second-order valence-corrected chi connectivity index (χ2v) is 7.23. The molecule has 0 radical (unpaired) electrons. The van der Waals surface area contributed by atoms with E-state index in [2.05, 4.69) is 41.7 Å². The van der Waals surface area contributed by atoms with Gasteiger partial charge in [0, 0.05) is 24.7 Å². The van der Waals surface area contributed by atoms with Gasteiger partial charge in [0.1, 0.15) is 17.9 Å². The van der Waals surface area contributed by atoms with Crippen LogP contribution in [0.2, 0.25) is 0 Å². The monoisotopic (exact) mass is 373 g/mol. The number of hydrogen-bond donors (Lipinski definition) is 3. The molecule has 148 valence electrons. The van der Waals surface area contributed by atoms with E-state index in [1.165, 1.54) is 0 Å². The van der Waals surface area contributed by atoms with Gasteiger partial charge in [0.05, 0.1) is 13.3 Å². The Balaban J connectivity index is 2.03. The van der Waals surface area contributed by atoms with E-state index in [9.17, 15) is 0 Å². The molecule has 3 rings (SSSR count). The van der Waals surface area contributed by atoms with Gasteiger partial charge in [-0.15, -0.1) is 0 Å². The molecule has 3 unspecified atom stereocenters. The first kappa shape index (κ1) is 19.6. The number of hydrogen-bond acceptors (Lipinski definition) is 7. The van der Waals surface area contributed by atoms with E-state index < -0.39 is 12.6 Å². The minimum absolute atomic E-state index is 0.0368. The Morgan fingerprint density at radius 1 is 1.19 bits per heavy atom. The molecule has 1 aromatic heterocycles. The molecular formula is C19H31N7O. The van der Waals surface area contributed by atoms with E-state index in [-0.39, 0.29) is 6.04 Å². The first-order valence-corrected chi connectivity index (χ1v) is 9.37. The van der Waals surface area contributed by atoms with E-state index in [0.29, 0.717) is 19.0 Å². The van der Waals surface area contributed by atoms with Gasteiger partial charge < -0.3 is 15.4 Å². The summed E-state index contributed by atoms with van der Waals surface area (Å²) in [5, 5.41) is 4.57. The zero-order chi connectivity index (χ0) is 19.7. The topological polar surface area (TPSA) is 112 Å². The highest BCUT2D eigenvalue weighted by Gasteiger charge is 2.40. The summed E-state index contributed by atoms with van der Waals surface area (Å²) in [6, 6.07) is 7.92. The Morgan fingerprint density at radius 3 is 2.56 bits per heavy atom. The van der Waals surface area contributed by atoms with Crippen LogP contribution in [-0.4, -0.2) is 41.2 Å². The largest absolute Gasteiger partial charge is 0.497 e. The van der Waals surface area contributed by atoms with Crippen LogP contribution in [0.1, 0.15) is 50.1 Å². The molecule has 8 nitrogen and oxygen atoms in total. The molecule has 0 spiro atoms. The van der Waals surface area contributed by atoms with Crippen molar-refractivity contribution in [3.63, 3.8) is 0 Å². The van der Waals surface area contributed by atoms with Gasteiger partial charge in [0.15, 0.2) is 6.29 Å². The molecule has 0 saturated carbocycles. The summed E-state index contributed by atoms with van der Waals surface area (Å²) in [4.78, 5) is 4.15. The smallest absolute Gasteiger partial charge is 0.160 e. The van der Waals surface area contributed by atoms with Crippen molar-refractivity contribution in [3.8, 4) is 5.75 Å². The van der Waals surface area contributed by atoms with Gasteiger partial charge in [-0.1, -0.05) is 26.0 Å². The minimum atomic E-state index is -0.474. The maximum atomic E-state index is 6.70. The predicted octanol–water partition coefficient (Wildman–Crippen LogP) is 1.51. The summed E-state index contributed by atoms with van der Waals surface area (Å²) in [6.07, 6.45) is 1.000. The van der Waals surface area contributed by atoms with Gasteiger partial charge in [-0.25, -0.2) is 9.58 Å². The Bertz CT molecular complexity index is 775. The molecule has 0 bridgehead atoms. The third-order valence-electron chi connectivity index (χ3n) is 5.26. The molecule has 6 N–H and O–H groups in total. The van der Waals surface area contributed by atoms with Crippen LogP contribution < -0.4 is 26.8 Å². The van der Waals surface area contributed by atoms with Crippen molar-refractivity contribution < 1.29 is 4.74 Å². The fourth-order valence-corrected chi connectivity index (χ4v) is 3.75. The van der Waals surface area contributed by atoms with Crippen molar-refractivity contribution >= 4 is 5.82 Å². The number of benzene rings is 1. The molecule has 1 aromatic carbocycles. The Kier molecular flexibility index (Phi) is 5.71. The molecule has 27 heavy (non-hydrogen) atoms. The van der Waals surface area contributed by atoms with Gasteiger partial charge in [-0.2, -0.15) is 5.10 Å².